The van der Waals surface area contributed by atoms with Crippen LogP contribution >= 0.6 is 27.7 Å². The zero-order valence-corrected chi connectivity index (χ0v) is 10.1. The number of benzene rings is 1. The third-order valence-electron chi connectivity index (χ3n) is 1.74. The van der Waals surface area contributed by atoms with Crippen LogP contribution in [0.5, 0.6) is 0 Å². The summed E-state index contributed by atoms with van der Waals surface area (Å²) in [6.45, 7) is 0. The number of aromatic nitrogens is 3. The van der Waals surface area contributed by atoms with E-state index in [2.05, 4.69) is 31.1 Å². The Labute approximate surface area is 98.6 Å². The highest BCUT2D eigenvalue weighted by molar-refractivity contribution is 9.10. The van der Waals surface area contributed by atoms with Gasteiger partial charge in [-0.15, -0.1) is 11.8 Å². The van der Waals surface area contributed by atoms with Gasteiger partial charge in [0.25, 0.3) is 0 Å². The number of aromatic amines is 2. The zero-order valence-electron chi connectivity index (χ0n) is 7.66. The van der Waals surface area contributed by atoms with Crippen LogP contribution in [0.4, 0.5) is 0 Å². The average molecular weight is 286 g/mol. The van der Waals surface area contributed by atoms with Crippen molar-refractivity contribution in [3.05, 3.63) is 45.0 Å². The molecule has 78 valence electrons. The number of nitrogens with zero attached hydrogens (tertiary/aromatic N) is 1. The average Bonchev–Trinajstić information content (AvgIpc) is 2.64. The van der Waals surface area contributed by atoms with Crippen molar-refractivity contribution in [3.8, 4) is 0 Å². The van der Waals surface area contributed by atoms with Gasteiger partial charge in [-0.25, -0.2) is 9.89 Å². The number of halogens is 1. The van der Waals surface area contributed by atoms with Crippen LogP contribution in [0, 0.1) is 0 Å². The van der Waals surface area contributed by atoms with Crippen LogP contribution in [-0.2, 0) is 5.75 Å². The van der Waals surface area contributed by atoms with Gasteiger partial charge < -0.3 is 0 Å². The van der Waals surface area contributed by atoms with Crippen molar-refractivity contribution >= 4 is 27.7 Å². The molecule has 0 bridgehead atoms. The molecule has 2 N–H and O–H groups in total. The van der Waals surface area contributed by atoms with E-state index in [0.29, 0.717) is 11.6 Å². The Hall–Kier alpha value is -1.01. The summed E-state index contributed by atoms with van der Waals surface area (Å²) in [6.07, 6.45) is 0. The Morgan fingerprint density at radius 3 is 2.67 bits per heavy atom. The van der Waals surface area contributed by atoms with Crippen molar-refractivity contribution in [3.63, 3.8) is 0 Å². The molecule has 0 atom stereocenters. The lowest BCUT2D eigenvalue weighted by atomic mass is 10.4. The number of nitrogens with one attached hydrogen (secondary N) is 2. The molecule has 6 heteroatoms. The maximum atomic E-state index is 10.8. The predicted molar refractivity (Wildman–Crippen MR) is 62.9 cm³/mol. The highest BCUT2D eigenvalue weighted by Gasteiger charge is 1.99. The molecule has 0 saturated carbocycles. The monoisotopic (exact) mass is 285 g/mol. The van der Waals surface area contributed by atoms with E-state index in [-0.39, 0.29) is 5.69 Å². The third kappa shape index (κ3) is 2.97. The SMILES string of the molecule is O=c1[nH]nc(CSc2ccc(Br)cc2)[nH]1. The Morgan fingerprint density at radius 2 is 2.07 bits per heavy atom. The number of hydrogen-bond acceptors (Lipinski definition) is 3. The summed E-state index contributed by atoms with van der Waals surface area (Å²) in [7, 11) is 0. The van der Waals surface area contributed by atoms with Gasteiger partial charge in [-0.05, 0) is 24.3 Å². The summed E-state index contributed by atoms with van der Waals surface area (Å²) < 4.78 is 1.06. The molecule has 1 aromatic heterocycles. The van der Waals surface area contributed by atoms with Gasteiger partial charge in [-0.2, -0.15) is 5.10 Å². The first-order chi connectivity index (χ1) is 7.24. The second-order valence-corrected chi connectivity index (χ2v) is 4.83. The van der Waals surface area contributed by atoms with Crippen molar-refractivity contribution in [1.29, 1.82) is 0 Å². The maximum Gasteiger partial charge on any atom is 0.340 e. The molecule has 0 aliphatic rings. The van der Waals surface area contributed by atoms with Crippen LogP contribution < -0.4 is 5.69 Å². The molecule has 1 aromatic carbocycles. The smallest absolute Gasteiger partial charge is 0.292 e. The van der Waals surface area contributed by atoms with E-state index in [1.54, 1.807) is 11.8 Å². The standard InChI is InChI=1S/C9H8BrN3OS/c10-6-1-3-7(4-2-6)15-5-8-11-9(14)13-12-8/h1-4H,5H2,(H2,11,12,13,14). The maximum absolute atomic E-state index is 10.8. The van der Waals surface area contributed by atoms with Crippen LogP contribution in [0.3, 0.4) is 0 Å². The number of hydrogen-bond donors (Lipinski definition) is 2. The van der Waals surface area contributed by atoms with Crippen LogP contribution in [-0.4, -0.2) is 15.2 Å². The van der Waals surface area contributed by atoms with Crippen molar-refractivity contribution in [1.82, 2.24) is 15.2 Å². The first-order valence-corrected chi connectivity index (χ1v) is 6.04. The van der Waals surface area contributed by atoms with E-state index in [1.807, 2.05) is 24.3 Å². The molecule has 0 amide bonds. The lowest BCUT2D eigenvalue weighted by molar-refractivity contribution is 1.01. The summed E-state index contributed by atoms with van der Waals surface area (Å²) in [5.74, 6) is 1.31. The van der Waals surface area contributed by atoms with Crippen LogP contribution in [0.25, 0.3) is 0 Å². The lowest BCUT2D eigenvalue weighted by Gasteiger charge is -1.98. The fraction of sp³-hybridized carbons (Fsp3) is 0.111. The van der Waals surface area contributed by atoms with Gasteiger partial charge in [0.05, 0.1) is 5.75 Å². The Morgan fingerprint density at radius 1 is 1.33 bits per heavy atom. The van der Waals surface area contributed by atoms with Crippen molar-refractivity contribution in [2.75, 3.05) is 0 Å². The fourth-order valence-corrected chi connectivity index (χ4v) is 2.09. The molecule has 2 aromatic rings. The van der Waals surface area contributed by atoms with Gasteiger partial charge in [0, 0.05) is 9.37 Å². The molecular weight excluding hydrogens is 278 g/mol. The zero-order chi connectivity index (χ0) is 10.7. The molecule has 4 nitrogen and oxygen atoms in total. The Kier molecular flexibility index (Phi) is 3.27. The predicted octanol–water partition coefficient (Wildman–Crippen LogP) is 2.15. The van der Waals surface area contributed by atoms with Crippen LogP contribution in [0.15, 0.2) is 38.4 Å². The van der Waals surface area contributed by atoms with E-state index >= 15 is 0 Å². The molecule has 15 heavy (non-hydrogen) atoms. The van der Waals surface area contributed by atoms with Crippen molar-refractivity contribution < 1.29 is 0 Å². The quantitative estimate of drug-likeness (QED) is 0.850. The summed E-state index contributed by atoms with van der Waals surface area (Å²) in [6, 6.07) is 7.99. The summed E-state index contributed by atoms with van der Waals surface area (Å²) in [5.41, 5.74) is -0.263. The third-order valence-corrected chi connectivity index (χ3v) is 3.29. The largest absolute Gasteiger partial charge is 0.340 e. The molecule has 0 aliphatic carbocycles. The van der Waals surface area contributed by atoms with E-state index in [0.717, 1.165) is 9.37 Å². The van der Waals surface area contributed by atoms with Crippen molar-refractivity contribution in [2.45, 2.75) is 10.6 Å². The molecule has 0 spiro atoms. The van der Waals surface area contributed by atoms with Crippen LogP contribution in [0.1, 0.15) is 5.82 Å². The van der Waals surface area contributed by atoms with Gasteiger partial charge in [-0.1, -0.05) is 15.9 Å². The summed E-state index contributed by atoms with van der Waals surface area (Å²) in [4.78, 5) is 14.5. The minimum atomic E-state index is -0.263. The normalized spacial score (nSPS) is 10.5. The Bertz CT molecular complexity index is 491. The number of thioether (sulfide) groups is 1. The minimum Gasteiger partial charge on any atom is -0.292 e. The second-order valence-electron chi connectivity index (χ2n) is 2.87. The molecule has 2 rings (SSSR count). The van der Waals surface area contributed by atoms with E-state index in [1.165, 1.54) is 0 Å². The number of rotatable bonds is 3. The Balaban J connectivity index is 1.99. The molecule has 0 unspecified atom stereocenters. The molecule has 0 saturated heterocycles. The second kappa shape index (κ2) is 4.67. The number of H-pyrrole nitrogens is 2. The molecule has 0 aliphatic heterocycles. The summed E-state index contributed by atoms with van der Waals surface area (Å²) in [5, 5.41) is 6.16. The first-order valence-electron chi connectivity index (χ1n) is 4.26. The lowest BCUT2D eigenvalue weighted by Crippen LogP contribution is -2.00. The van der Waals surface area contributed by atoms with Gasteiger partial charge in [0.15, 0.2) is 0 Å². The summed E-state index contributed by atoms with van der Waals surface area (Å²) >= 11 is 4.99. The fourth-order valence-electron chi connectivity index (χ4n) is 1.06. The highest BCUT2D eigenvalue weighted by Crippen LogP contribution is 2.22. The first kappa shape index (κ1) is 10.5. The van der Waals surface area contributed by atoms with E-state index in [9.17, 15) is 4.79 Å². The van der Waals surface area contributed by atoms with Gasteiger partial charge in [0.2, 0.25) is 0 Å². The van der Waals surface area contributed by atoms with Crippen molar-refractivity contribution in [2.24, 2.45) is 0 Å². The molecule has 0 radical (unpaired) electrons. The van der Waals surface area contributed by atoms with E-state index in [4.69, 9.17) is 0 Å². The minimum absolute atomic E-state index is 0.263. The highest BCUT2D eigenvalue weighted by atomic mass is 79.9. The molecule has 0 fully saturated rings. The van der Waals surface area contributed by atoms with Gasteiger partial charge >= 0.3 is 5.69 Å². The van der Waals surface area contributed by atoms with Gasteiger partial charge in [0.1, 0.15) is 5.82 Å². The van der Waals surface area contributed by atoms with Crippen LogP contribution in [0.2, 0.25) is 0 Å². The molecule has 1 heterocycles. The molecular formula is C9H8BrN3OS. The van der Waals surface area contributed by atoms with E-state index < -0.39 is 0 Å². The van der Waals surface area contributed by atoms with Gasteiger partial charge in [-0.3, -0.25) is 4.98 Å². The topological polar surface area (TPSA) is 61.5 Å².